The van der Waals surface area contributed by atoms with E-state index in [0.717, 1.165) is 44.9 Å². The van der Waals surface area contributed by atoms with Gasteiger partial charge in [-0.25, -0.2) is 0 Å². The topological polar surface area (TPSA) is 86.3 Å². The lowest BCUT2D eigenvalue weighted by Crippen LogP contribution is -2.55. The number of piperazine rings is 1. The van der Waals surface area contributed by atoms with Gasteiger partial charge in [-0.05, 0) is 26.2 Å². The number of rotatable bonds is 7. The average molecular weight is 495 g/mol. The van der Waals surface area contributed by atoms with Crippen molar-refractivity contribution in [1.82, 2.24) is 20.4 Å². The van der Waals surface area contributed by atoms with Crippen LogP contribution < -0.4 is 10.6 Å². The van der Waals surface area contributed by atoms with Gasteiger partial charge in [0.15, 0.2) is 5.96 Å². The molecule has 0 aromatic heterocycles. The molecule has 0 bridgehead atoms. The zero-order valence-electron chi connectivity index (χ0n) is 16.5. The summed E-state index contributed by atoms with van der Waals surface area (Å²) in [6, 6.07) is 0. The molecule has 0 aliphatic carbocycles. The number of guanidine groups is 1. The summed E-state index contributed by atoms with van der Waals surface area (Å²) in [5.41, 5.74) is 0. The Hall–Kier alpha value is -1.10. The smallest absolute Gasteiger partial charge is 0.251 e. The monoisotopic (exact) mass is 495 g/mol. The Balaban J connectivity index is 0.00000364. The molecule has 2 N–H and O–H groups in total. The van der Waals surface area contributed by atoms with Crippen LogP contribution in [0.15, 0.2) is 4.99 Å². The van der Waals surface area contributed by atoms with Crippen molar-refractivity contribution in [3.05, 3.63) is 0 Å². The van der Waals surface area contributed by atoms with Gasteiger partial charge < -0.3 is 25.2 Å². The number of nitrogens with one attached hydrogen (secondary N) is 2. The van der Waals surface area contributed by atoms with Gasteiger partial charge in [0.05, 0.1) is 6.54 Å². The van der Waals surface area contributed by atoms with Crippen LogP contribution in [0.25, 0.3) is 0 Å². The molecule has 0 radical (unpaired) electrons. The van der Waals surface area contributed by atoms with Crippen LogP contribution in [0.1, 0.15) is 39.5 Å². The van der Waals surface area contributed by atoms with Crippen molar-refractivity contribution >= 4 is 41.8 Å². The zero-order valence-corrected chi connectivity index (χ0v) is 18.9. The molecule has 2 amide bonds. The van der Waals surface area contributed by atoms with E-state index in [2.05, 4.69) is 20.5 Å². The first-order chi connectivity index (χ1) is 12.7. The fourth-order valence-electron chi connectivity index (χ4n) is 3.16. The number of carbonyl (C=O) groups is 2. The molecule has 1 atom stereocenters. The zero-order chi connectivity index (χ0) is 18.8. The molecular weight excluding hydrogens is 461 g/mol. The highest BCUT2D eigenvalue weighted by Crippen LogP contribution is 2.16. The molecule has 2 fully saturated rings. The third-order valence-corrected chi connectivity index (χ3v) is 4.60. The van der Waals surface area contributed by atoms with Crippen molar-refractivity contribution in [2.24, 2.45) is 4.99 Å². The van der Waals surface area contributed by atoms with Gasteiger partial charge in [-0.3, -0.25) is 14.6 Å². The quantitative estimate of drug-likeness (QED) is 0.310. The third-order valence-electron chi connectivity index (χ3n) is 4.60. The molecule has 8 nitrogen and oxygen atoms in total. The van der Waals surface area contributed by atoms with E-state index in [9.17, 15) is 9.59 Å². The van der Waals surface area contributed by atoms with Gasteiger partial charge in [-0.15, -0.1) is 24.0 Å². The highest BCUT2D eigenvalue weighted by Gasteiger charge is 2.30. The molecule has 0 aromatic rings. The fraction of sp³-hybridized carbons (Fsp3) is 0.833. The Bertz CT molecular complexity index is 489. The number of halogens is 1. The highest BCUT2D eigenvalue weighted by atomic mass is 127. The minimum absolute atomic E-state index is 0. The van der Waals surface area contributed by atoms with E-state index >= 15 is 0 Å². The van der Waals surface area contributed by atoms with Crippen LogP contribution >= 0.6 is 24.0 Å². The van der Waals surface area contributed by atoms with Gasteiger partial charge in [0.1, 0.15) is 6.10 Å². The van der Waals surface area contributed by atoms with E-state index in [4.69, 9.17) is 4.74 Å². The van der Waals surface area contributed by atoms with Crippen LogP contribution in [0.2, 0.25) is 0 Å². The Morgan fingerprint density at radius 1 is 1.11 bits per heavy atom. The van der Waals surface area contributed by atoms with Gasteiger partial charge in [-0.1, -0.05) is 6.92 Å². The van der Waals surface area contributed by atoms with E-state index in [1.54, 1.807) is 0 Å². The number of aliphatic imine (C=N–C) groups is 1. The van der Waals surface area contributed by atoms with Crippen molar-refractivity contribution in [1.29, 1.82) is 0 Å². The Morgan fingerprint density at radius 3 is 2.41 bits per heavy atom. The molecule has 0 aromatic carbocycles. The highest BCUT2D eigenvalue weighted by molar-refractivity contribution is 14.0. The predicted octanol–water partition coefficient (Wildman–Crippen LogP) is 0.809. The van der Waals surface area contributed by atoms with E-state index in [0.29, 0.717) is 39.2 Å². The van der Waals surface area contributed by atoms with Crippen molar-refractivity contribution in [2.45, 2.75) is 45.6 Å². The summed E-state index contributed by atoms with van der Waals surface area (Å²) in [7, 11) is 0. The lowest BCUT2D eigenvalue weighted by Gasteiger charge is -2.37. The summed E-state index contributed by atoms with van der Waals surface area (Å²) < 4.78 is 5.51. The first-order valence-electron chi connectivity index (χ1n) is 9.86. The Morgan fingerprint density at radius 2 is 1.81 bits per heavy atom. The van der Waals surface area contributed by atoms with Gasteiger partial charge in [0, 0.05) is 52.3 Å². The van der Waals surface area contributed by atoms with Crippen LogP contribution in [0.3, 0.4) is 0 Å². The predicted molar refractivity (Wildman–Crippen MR) is 116 cm³/mol. The summed E-state index contributed by atoms with van der Waals surface area (Å²) in [5.74, 6) is 0.982. The number of nitrogens with zero attached hydrogens (tertiary/aromatic N) is 3. The second kappa shape index (κ2) is 13.1. The lowest BCUT2D eigenvalue weighted by atomic mass is 10.2. The van der Waals surface area contributed by atoms with E-state index < -0.39 is 0 Å². The molecule has 0 spiro atoms. The Kier molecular flexibility index (Phi) is 11.7. The minimum atomic E-state index is -0.245. The molecule has 2 aliphatic rings. The summed E-state index contributed by atoms with van der Waals surface area (Å²) in [5, 5.41) is 6.15. The normalized spacial score (nSPS) is 20.2. The van der Waals surface area contributed by atoms with E-state index in [1.807, 2.05) is 18.7 Å². The van der Waals surface area contributed by atoms with Crippen LogP contribution in [0, 0.1) is 0 Å². The van der Waals surface area contributed by atoms with Crippen LogP contribution in [0.5, 0.6) is 0 Å². The van der Waals surface area contributed by atoms with Crippen molar-refractivity contribution in [3.63, 3.8) is 0 Å². The standard InChI is InChI=1S/C18H33N5O3.HI/c1-3-8-20-16(24)7-9-21-18(19-4-2)23-12-10-22(11-13-23)17(25)15-6-5-14-26-15;/h15H,3-14H2,1-2H3,(H,19,21)(H,20,24);1H. The van der Waals surface area contributed by atoms with Crippen LogP contribution in [-0.2, 0) is 14.3 Å². The molecule has 2 heterocycles. The van der Waals surface area contributed by atoms with E-state index in [1.165, 1.54) is 0 Å². The second-order valence-electron chi connectivity index (χ2n) is 6.65. The van der Waals surface area contributed by atoms with Crippen LogP contribution in [-0.4, -0.2) is 86.1 Å². The molecule has 9 heteroatoms. The largest absolute Gasteiger partial charge is 0.368 e. The number of carbonyl (C=O) groups excluding carboxylic acids is 2. The maximum Gasteiger partial charge on any atom is 0.251 e. The van der Waals surface area contributed by atoms with Crippen molar-refractivity contribution in [2.75, 3.05) is 52.4 Å². The first-order valence-corrected chi connectivity index (χ1v) is 9.86. The summed E-state index contributed by atoms with van der Waals surface area (Å²) in [6.45, 7) is 9.55. The van der Waals surface area contributed by atoms with Crippen molar-refractivity contribution < 1.29 is 14.3 Å². The van der Waals surface area contributed by atoms with E-state index in [-0.39, 0.29) is 41.9 Å². The first kappa shape index (κ1) is 23.9. The molecule has 1 unspecified atom stereocenters. The van der Waals surface area contributed by atoms with Gasteiger partial charge in [0.2, 0.25) is 5.91 Å². The number of ether oxygens (including phenoxy) is 1. The number of amides is 2. The number of hydrogen-bond acceptors (Lipinski definition) is 4. The van der Waals surface area contributed by atoms with Gasteiger partial charge in [0.25, 0.3) is 5.91 Å². The molecule has 2 aliphatic heterocycles. The molecule has 0 saturated carbocycles. The Labute approximate surface area is 179 Å². The minimum Gasteiger partial charge on any atom is -0.368 e. The number of hydrogen-bond donors (Lipinski definition) is 2. The SMILES string of the molecule is CCCNC(=O)CCN=C(NCC)N1CCN(C(=O)C2CCCO2)CC1.I. The van der Waals surface area contributed by atoms with Gasteiger partial charge in [-0.2, -0.15) is 0 Å². The van der Waals surface area contributed by atoms with Gasteiger partial charge >= 0.3 is 0 Å². The lowest BCUT2D eigenvalue weighted by molar-refractivity contribution is -0.142. The maximum absolute atomic E-state index is 12.4. The summed E-state index contributed by atoms with van der Waals surface area (Å²) >= 11 is 0. The molecule has 27 heavy (non-hydrogen) atoms. The summed E-state index contributed by atoms with van der Waals surface area (Å²) in [4.78, 5) is 32.8. The van der Waals surface area contributed by atoms with Crippen LogP contribution in [0.4, 0.5) is 0 Å². The molecule has 2 rings (SSSR count). The average Bonchev–Trinajstić information content (AvgIpc) is 3.20. The third kappa shape index (κ3) is 7.81. The maximum atomic E-state index is 12.4. The second-order valence-corrected chi connectivity index (χ2v) is 6.65. The fourth-order valence-corrected chi connectivity index (χ4v) is 3.16. The van der Waals surface area contributed by atoms with Crippen molar-refractivity contribution in [3.8, 4) is 0 Å². The molecular formula is C18H34IN5O3. The summed E-state index contributed by atoms with van der Waals surface area (Å²) in [6.07, 6.45) is 2.90. The molecule has 2 saturated heterocycles. The molecule has 156 valence electrons.